The van der Waals surface area contributed by atoms with Crippen molar-refractivity contribution in [1.82, 2.24) is 15.3 Å². The van der Waals surface area contributed by atoms with Crippen LogP contribution in [0, 0.1) is 0 Å². The number of hydrogen-bond acceptors (Lipinski definition) is 4. The van der Waals surface area contributed by atoms with Gasteiger partial charge in [-0.05, 0) is 36.6 Å². The molecule has 0 bridgehead atoms. The van der Waals surface area contributed by atoms with Crippen molar-refractivity contribution in [2.45, 2.75) is 24.4 Å². The number of carbonyl (C=O) groups excluding carboxylic acids is 2. The number of nitrogens with zero attached hydrogens (tertiary/aromatic N) is 2. The summed E-state index contributed by atoms with van der Waals surface area (Å²) >= 11 is 0. The lowest BCUT2D eigenvalue weighted by Gasteiger charge is -2.33. The van der Waals surface area contributed by atoms with Crippen molar-refractivity contribution in [1.29, 1.82) is 0 Å². The number of pyridine rings is 2. The summed E-state index contributed by atoms with van der Waals surface area (Å²) < 4.78 is 39.2. The molecule has 1 N–H and O–H groups in total. The molecule has 1 atom stereocenters. The van der Waals surface area contributed by atoms with Gasteiger partial charge in [0.2, 0.25) is 5.91 Å². The lowest BCUT2D eigenvalue weighted by molar-refractivity contribution is -0.141. The van der Waals surface area contributed by atoms with Gasteiger partial charge in [-0.3, -0.25) is 19.9 Å². The van der Waals surface area contributed by atoms with Crippen molar-refractivity contribution in [2.24, 2.45) is 0 Å². The number of aryl methyl sites for hydroxylation is 1. The minimum absolute atomic E-state index is 0.0268. The van der Waals surface area contributed by atoms with Gasteiger partial charge in [0.05, 0.1) is 17.0 Å². The molecule has 24 heavy (non-hydrogen) atoms. The molecule has 0 saturated heterocycles. The molecular formula is C16H10F3N3O2. The Morgan fingerprint density at radius 1 is 1.12 bits per heavy atom. The highest BCUT2D eigenvalue weighted by molar-refractivity contribution is 6.14. The summed E-state index contributed by atoms with van der Waals surface area (Å²) in [5.74, 6) is -1.42. The van der Waals surface area contributed by atoms with E-state index in [1.54, 1.807) is 12.1 Å². The van der Waals surface area contributed by atoms with Gasteiger partial charge in [-0.1, -0.05) is 6.07 Å². The number of hydrogen-bond donors (Lipinski definition) is 1. The number of amides is 2. The van der Waals surface area contributed by atoms with Gasteiger partial charge in [-0.2, -0.15) is 13.2 Å². The molecule has 3 heterocycles. The maximum Gasteiger partial charge on any atom is 0.433 e. The van der Waals surface area contributed by atoms with Gasteiger partial charge < -0.3 is 0 Å². The first-order valence-corrected chi connectivity index (χ1v) is 7.23. The Morgan fingerprint density at radius 3 is 2.67 bits per heavy atom. The zero-order valence-electron chi connectivity index (χ0n) is 12.1. The van der Waals surface area contributed by atoms with Crippen LogP contribution >= 0.6 is 0 Å². The van der Waals surface area contributed by atoms with Gasteiger partial charge in [-0.15, -0.1) is 0 Å². The zero-order chi connectivity index (χ0) is 17.1. The Labute approximate surface area is 133 Å². The molecule has 0 aromatic carbocycles. The van der Waals surface area contributed by atoms with Crippen molar-refractivity contribution in [3.05, 3.63) is 58.7 Å². The van der Waals surface area contributed by atoms with Gasteiger partial charge in [-0.25, -0.2) is 4.98 Å². The monoisotopic (exact) mass is 333 g/mol. The average molecular weight is 333 g/mol. The smallest absolute Gasteiger partial charge is 0.291 e. The first-order chi connectivity index (χ1) is 11.3. The summed E-state index contributed by atoms with van der Waals surface area (Å²) in [5.41, 5.74) is -1.64. The van der Waals surface area contributed by atoms with Gasteiger partial charge in [0, 0.05) is 6.20 Å². The molecule has 2 aliphatic rings. The summed E-state index contributed by atoms with van der Waals surface area (Å²) in [5, 5.41) is 2.23. The SMILES string of the molecule is O=C1NC(=O)C2(CCc3cccnc32)c2nc(C(F)(F)F)ccc21. The number of imide groups is 1. The Balaban J connectivity index is 2.03. The van der Waals surface area contributed by atoms with Crippen molar-refractivity contribution in [3.8, 4) is 0 Å². The molecule has 1 unspecified atom stereocenters. The number of halogens is 3. The van der Waals surface area contributed by atoms with Crippen molar-refractivity contribution >= 4 is 11.8 Å². The quantitative estimate of drug-likeness (QED) is 0.749. The molecule has 0 fully saturated rings. The van der Waals surface area contributed by atoms with Crippen LogP contribution in [0.5, 0.6) is 0 Å². The number of aromatic nitrogens is 2. The maximum atomic E-state index is 13.1. The summed E-state index contributed by atoms with van der Waals surface area (Å²) in [6.45, 7) is 0. The van der Waals surface area contributed by atoms with E-state index in [-0.39, 0.29) is 17.7 Å². The number of fused-ring (bicyclic) bond motifs is 4. The first kappa shape index (κ1) is 14.8. The largest absolute Gasteiger partial charge is 0.433 e. The average Bonchev–Trinajstić information content (AvgIpc) is 2.92. The molecular weight excluding hydrogens is 323 g/mol. The number of carbonyl (C=O) groups is 2. The summed E-state index contributed by atoms with van der Waals surface area (Å²) in [6, 6.07) is 5.28. The van der Waals surface area contributed by atoms with E-state index in [0.29, 0.717) is 12.1 Å². The van der Waals surface area contributed by atoms with E-state index in [1.807, 2.05) is 0 Å². The standard InChI is InChI=1S/C16H10F3N3O2/c17-16(18,19)10-4-3-9-12(21-10)15(14(24)22-13(9)23)6-5-8-2-1-7-20-11(8)15/h1-4,7H,5-6H2,(H,22,23,24). The van der Waals surface area contributed by atoms with Crippen molar-refractivity contribution in [2.75, 3.05) is 0 Å². The Bertz CT molecular complexity index is 894. The van der Waals surface area contributed by atoms with Crippen molar-refractivity contribution in [3.63, 3.8) is 0 Å². The van der Waals surface area contributed by atoms with Crippen LogP contribution in [0.1, 0.15) is 39.4 Å². The van der Waals surface area contributed by atoms with E-state index in [1.165, 1.54) is 6.20 Å². The minimum atomic E-state index is -4.67. The summed E-state index contributed by atoms with van der Waals surface area (Å²) in [4.78, 5) is 32.5. The summed E-state index contributed by atoms with van der Waals surface area (Å²) in [7, 11) is 0. The van der Waals surface area contributed by atoms with Gasteiger partial charge in [0.1, 0.15) is 11.1 Å². The lowest BCUT2D eigenvalue weighted by Crippen LogP contribution is -2.52. The van der Waals surface area contributed by atoms with E-state index in [2.05, 4.69) is 15.3 Å². The first-order valence-electron chi connectivity index (χ1n) is 7.23. The van der Waals surface area contributed by atoms with E-state index in [0.717, 1.165) is 17.7 Å². The summed E-state index contributed by atoms with van der Waals surface area (Å²) in [6.07, 6.45) is -2.50. The van der Waals surface area contributed by atoms with Crippen LogP contribution in [0.2, 0.25) is 0 Å². The molecule has 1 aliphatic carbocycles. The van der Waals surface area contributed by atoms with E-state index in [9.17, 15) is 22.8 Å². The molecule has 1 aliphatic heterocycles. The Hall–Kier alpha value is -2.77. The fraction of sp³-hybridized carbons (Fsp3) is 0.250. The second-order valence-electron chi connectivity index (χ2n) is 5.79. The van der Waals surface area contributed by atoms with Crippen LogP contribution in [0.15, 0.2) is 30.5 Å². The molecule has 1 spiro atoms. The predicted molar refractivity (Wildman–Crippen MR) is 75.1 cm³/mol. The van der Waals surface area contributed by atoms with Crippen LogP contribution in [0.3, 0.4) is 0 Å². The van der Waals surface area contributed by atoms with Gasteiger partial charge in [0.25, 0.3) is 5.91 Å². The number of rotatable bonds is 0. The predicted octanol–water partition coefficient (Wildman–Crippen LogP) is 2.00. The molecule has 122 valence electrons. The molecule has 0 radical (unpaired) electrons. The Morgan fingerprint density at radius 2 is 1.92 bits per heavy atom. The zero-order valence-corrected chi connectivity index (χ0v) is 12.1. The number of nitrogens with one attached hydrogen (secondary N) is 1. The van der Waals surface area contributed by atoms with E-state index in [4.69, 9.17) is 0 Å². The third-order valence-corrected chi connectivity index (χ3v) is 4.51. The molecule has 2 amide bonds. The highest BCUT2D eigenvalue weighted by Crippen LogP contribution is 2.46. The third-order valence-electron chi connectivity index (χ3n) is 4.51. The molecule has 5 nitrogen and oxygen atoms in total. The molecule has 2 aromatic rings. The van der Waals surface area contributed by atoms with Crippen LogP contribution in [-0.4, -0.2) is 21.8 Å². The molecule has 0 saturated carbocycles. The number of alkyl halides is 3. The normalized spacial score (nSPS) is 22.3. The van der Waals surface area contributed by atoms with E-state index >= 15 is 0 Å². The van der Waals surface area contributed by atoms with E-state index < -0.39 is 29.1 Å². The topological polar surface area (TPSA) is 72.0 Å². The highest BCUT2D eigenvalue weighted by atomic mass is 19.4. The van der Waals surface area contributed by atoms with Crippen LogP contribution in [0.4, 0.5) is 13.2 Å². The molecule has 4 rings (SSSR count). The molecule has 8 heteroatoms. The molecule has 2 aromatic heterocycles. The second kappa shape index (κ2) is 4.62. The Kier molecular flexibility index (Phi) is 2.85. The van der Waals surface area contributed by atoms with Crippen LogP contribution in [-0.2, 0) is 22.8 Å². The maximum absolute atomic E-state index is 13.1. The van der Waals surface area contributed by atoms with Crippen molar-refractivity contribution < 1.29 is 22.8 Å². The lowest BCUT2D eigenvalue weighted by atomic mass is 9.75. The van der Waals surface area contributed by atoms with Gasteiger partial charge in [0.15, 0.2) is 0 Å². The van der Waals surface area contributed by atoms with Crippen LogP contribution in [0.25, 0.3) is 0 Å². The third kappa shape index (κ3) is 1.82. The minimum Gasteiger partial charge on any atom is -0.291 e. The fourth-order valence-corrected chi connectivity index (χ4v) is 3.43. The van der Waals surface area contributed by atoms with Gasteiger partial charge >= 0.3 is 6.18 Å². The fourth-order valence-electron chi connectivity index (χ4n) is 3.43. The second-order valence-corrected chi connectivity index (χ2v) is 5.79. The highest BCUT2D eigenvalue weighted by Gasteiger charge is 2.54. The van der Waals surface area contributed by atoms with Crippen LogP contribution < -0.4 is 5.32 Å².